The molecule has 0 aliphatic rings. The SMILES string of the molecule is Cc1cc(CNC(=O)c2sc(Cc3ccccc3)nc2C)c(C)o1. The van der Waals surface area contributed by atoms with Gasteiger partial charge in [0, 0.05) is 18.5 Å². The third kappa shape index (κ3) is 3.74. The van der Waals surface area contributed by atoms with Crippen molar-refractivity contribution in [2.24, 2.45) is 0 Å². The van der Waals surface area contributed by atoms with E-state index in [1.54, 1.807) is 0 Å². The summed E-state index contributed by atoms with van der Waals surface area (Å²) in [5.74, 6) is 1.62. The predicted octanol–water partition coefficient (Wildman–Crippen LogP) is 4.18. The van der Waals surface area contributed by atoms with Crippen LogP contribution in [0.1, 0.15) is 43.0 Å². The molecule has 0 aliphatic carbocycles. The number of amides is 1. The van der Waals surface area contributed by atoms with Crippen LogP contribution in [0.3, 0.4) is 0 Å². The van der Waals surface area contributed by atoms with Crippen LogP contribution < -0.4 is 5.32 Å². The topological polar surface area (TPSA) is 55.1 Å². The van der Waals surface area contributed by atoms with E-state index in [-0.39, 0.29) is 5.91 Å². The Balaban J connectivity index is 1.68. The van der Waals surface area contributed by atoms with Gasteiger partial charge in [-0.1, -0.05) is 30.3 Å². The molecule has 1 aromatic carbocycles. The summed E-state index contributed by atoms with van der Waals surface area (Å²) in [7, 11) is 0. The number of benzene rings is 1. The van der Waals surface area contributed by atoms with Crippen LogP contribution >= 0.6 is 11.3 Å². The lowest BCUT2D eigenvalue weighted by molar-refractivity contribution is 0.0954. The minimum atomic E-state index is -0.0810. The number of furan rings is 1. The summed E-state index contributed by atoms with van der Waals surface area (Å²) in [6.07, 6.45) is 0.750. The average molecular weight is 340 g/mol. The van der Waals surface area contributed by atoms with Gasteiger partial charge in [-0.15, -0.1) is 11.3 Å². The highest BCUT2D eigenvalue weighted by molar-refractivity contribution is 7.13. The second kappa shape index (κ2) is 7.01. The van der Waals surface area contributed by atoms with Gasteiger partial charge in [0.05, 0.1) is 10.7 Å². The van der Waals surface area contributed by atoms with E-state index in [9.17, 15) is 4.79 Å². The minimum absolute atomic E-state index is 0.0810. The van der Waals surface area contributed by atoms with Gasteiger partial charge < -0.3 is 9.73 Å². The van der Waals surface area contributed by atoms with Crippen molar-refractivity contribution >= 4 is 17.2 Å². The molecule has 3 rings (SSSR count). The fourth-order valence-corrected chi connectivity index (χ4v) is 3.64. The number of hydrogen-bond acceptors (Lipinski definition) is 4. The van der Waals surface area contributed by atoms with Crippen molar-refractivity contribution in [3.63, 3.8) is 0 Å². The van der Waals surface area contributed by atoms with Crippen molar-refractivity contribution < 1.29 is 9.21 Å². The molecule has 5 heteroatoms. The zero-order valence-corrected chi connectivity index (χ0v) is 14.9. The molecule has 0 saturated heterocycles. The molecule has 0 saturated carbocycles. The van der Waals surface area contributed by atoms with Gasteiger partial charge in [0.2, 0.25) is 0 Å². The zero-order chi connectivity index (χ0) is 17.1. The molecule has 0 fully saturated rings. The molecule has 3 aromatic rings. The summed E-state index contributed by atoms with van der Waals surface area (Å²) in [5, 5.41) is 3.92. The predicted molar refractivity (Wildman–Crippen MR) is 95.5 cm³/mol. The van der Waals surface area contributed by atoms with E-state index in [0.29, 0.717) is 11.4 Å². The first-order valence-electron chi connectivity index (χ1n) is 7.87. The van der Waals surface area contributed by atoms with Gasteiger partial charge in [0.25, 0.3) is 5.91 Å². The van der Waals surface area contributed by atoms with Gasteiger partial charge in [0.1, 0.15) is 16.4 Å². The van der Waals surface area contributed by atoms with E-state index in [1.165, 1.54) is 16.9 Å². The highest BCUT2D eigenvalue weighted by Crippen LogP contribution is 2.21. The first-order valence-corrected chi connectivity index (χ1v) is 8.69. The largest absolute Gasteiger partial charge is 0.466 e. The quantitative estimate of drug-likeness (QED) is 0.758. The summed E-state index contributed by atoms with van der Waals surface area (Å²) in [6, 6.07) is 12.1. The molecule has 0 bridgehead atoms. The molecule has 124 valence electrons. The number of aryl methyl sites for hydroxylation is 3. The molecule has 24 heavy (non-hydrogen) atoms. The minimum Gasteiger partial charge on any atom is -0.466 e. The maximum atomic E-state index is 12.5. The monoisotopic (exact) mass is 340 g/mol. The number of hydrogen-bond donors (Lipinski definition) is 1. The molecule has 0 atom stereocenters. The van der Waals surface area contributed by atoms with Crippen LogP contribution in [0.25, 0.3) is 0 Å². The first kappa shape index (κ1) is 16.5. The third-order valence-corrected chi connectivity index (χ3v) is 4.98. The summed E-state index contributed by atoms with van der Waals surface area (Å²) < 4.78 is 5.49. The molecule has 0 unspecified atom stereocenters. The number of carbonyl (C=O) groups is 1. The van der Waals surface area contributed by atoms with Gasteiger partial charge in [-0.3, -0.25) is 4.79 Å². The maximum Gasteiger partial charge on any atom is 0.263 e. The van der Waals surface area contributed by atoms with E-state index in [0.717, 1.165) is 34.2 Å². The van der Waals surface area contributed by atoms with Crippen LogP contribution in [-0.4, -0.2) is 10.9 Å². The maximum absolute atomic E-state index is 12.5. The van der Waals surface area contributed by atoms with Gasteiger partial charge in [-0.2, -0.15) is 0 Å². The Labute approximate surface area is 145 Å². The van der Waals surface area contributed by atoms with Gasteiger partial charge >= 0.3 is 0 Å². The van der Waals surface area contributed by atoms with E-state index in [1.807, 2.05) is 45.0 Å². The number of carbonyl (C=O) groups excluding carboxylic acids is 1. The van der Waals surface area contributed by atoms with Gasteiger partial charge in [-0.05, 0) is 32.4 Å². The van der Waals surface area contributed by atoms with Crippen molar-refractivity contribution in [1.29, 1.82) is 0 Å². The molecule has 2 heterocycles. The Hall–Kier alpha value is -2.40. The molecule has 2 aromatic heterocycles. The normalized spacial score (nSPS) is 10.8. The second-order valence-electron chi connectivity index (χ2n) is 5.81. The molecule has 1 N–H and O–H groups in total. The van der Waals surface area contributed by atoms with Crippen LogP contribution in [0.4, 0.5) is 0 Å². The lowest BCUT2D eigenvalue weighted by Gasteiger charge is -2.02. The smallest absolute Gasteiger partial charge is 0.263 e. The van der Waals surface area contributed by atoms with E-state index >= 15 is 0 Å². The van der Waals surface area contributed by atoms with Crippen LogP contribution in [0.5, 0.6) is 0 Å². The summed E-state index contributed by atoms with van der Waals surface area (Å²) in [4.78, 5) is 17.7. The molecule has 1 amide bonds. The summed E-state index contributed by atoms with van der Waals surface area (Å²) in [6.45, 7) is 6.16. The lowest BCUT2D eigenvalue weighted by Crippen LogP contribution is -2.22. The number of thiazole rings is 1. The van der Waals surface area contributed by atoms with Crippen molar-refractivity contribution in [2.45, 2.75) is 33.7 Å². The first-order chi connectivity index (χ1) is 11.5. The highest BCUT2D eigenvalue weighted by atomic mass is 32.1. The van der Waals surface area contributed by atoms with Gasteiger partial charge in [-0.25, -0.2) is 4.98 Å². The van der Waals surface area contributed by atoms with Crippen LogP contribution in [0.15, 0.2) is 40.8 Å². The van der Waals surface area contributed by atoms with E-state index < -0.39 is 0 Å². The molecule has 0 spiro atoms. The standard InChI is InChI=1S/C19H20N2O2S/c1-12-9-16(14(3)23-12)11-20-19(22)18-13(2)21-17(24-18)10-15-7-5-4-6-8-15/h4-9H,10-11H2,1-3H3,(H,20,22). The molecular formula is C19H20N2O2S. The molecular weight excluding hydrogens is 320 g/mol. The van der Waals surface area contributed by atoms with Gasteiger partial charge in [0.15, 0.2) is 0 Å². The summed E-state index contributed by atoms with van der Waals surface area (Å²) >= 11 is 1.46. The Morgan fingerprint density at radius 3 is 2.62 bits per heavy atom. The zero-order valence-electron chi connectivity index (χ0n) is 14.1. The fraction of sp³-hybridized carbons (Fsp3) is 0.263. The summed E-state index contributed by atoms with van der Waals surface area (Å²) in [5.41, 5.74) is 2.98. The van der Waals surface area contributed by atoms with Crippen molar-refractivity contribution in [3.8, 4) is 0 Å². The Kier molecular flexibility index (Phi) is 4.81. The van der Waals surface area contributed by atoms with Crippen LogP contribution in [0, 0.1) is 20.8 Å². The van der Waals surface area contributed by atoms with Crippen molar-refractivity contribution in [1.82, 2.24) is 10.3 Å². The van der Waals surface area contributed by atoms with Crippen LogP contribution in [-0.2, 0) is 13.0 Å². The number of aromatic nitrogens is 1. The molecule has 4 nitrogen and oxygen atoms in total. The Bertz CT molecular complexity index is 850. The highest BCUT2D eigenvalue weighted by Gasteiger charge is 2.16. The second-order valence-corrected chi connectivity index (χ2v) is 6.89. The lowest BCUT2D eigenvalue weighted by atomic mass is 10.2. The van der Waals surface area contributed by atoms with Crippen molar-refractivity contribution in [3.05, 3.63) is 74.6 Å². The molecule has 0 aliphatic heterocycles. The Morgan fingerprint density at radius 1 is 1.21 bits per heavy atom. The molecule has 0 radical (unpaired) electrons. The van der Waals surface area contributed by atoms with E-state index in [4.69, 9.17) is 4.42 Å². The number of rotatable bonds is 5. The number of nitrogens with zero attached hydrogens (tertiary/aromatic N) is 1. The number of nitrogens with one attached hydrogen (secondary N) is 1. The van der Waals surface area contributed by atoms with Crippen LogP contribution in [0.2, 0.25) is 0 Å². The Morgan fingerprint density at radius 2 is 1.96 bits per heavy atom. The third-order valence-electron chi connectivity index (χ3n) is 3.83. The van der Waals surface area contributed by atoms with Crippen molar-refractivity contribution in [2.75, 3.05) is 0 Å². The fourth-order valence-electron chi connectivity index (χ4n) is 2.62. The average Bonchev–Trinajstić information content (AvgIpc) is 3.07. The van der Waals surface area contributed by atoms with E-state index in [2.05, 4.69) is 22.4 Å².